The Hall–Kier alpha value is -4.83. The number of benzene rings is 4. The van der Waals surface area contributed by atoms with Gasteiger partial charge in [0.2, 0.25) is 0 Å². The summed E-state index contributed by atoms with van der Waals surface area (Å²) < 4.78 is 0. The summed E-state index contributed by atoms with van der Waals surface area (Å²) >= 11 is 0. The molecule has 3 nitrogen and oxygen atoms in total. The van der Waals surface area contributed by atoms with Crippen molar-refractivity contribution in [3.8, 4) is 33.5 Å². The number of allylic oxidation sites excluding steroid dienone is 4. The van der Waals surface area contributed by atoms with Crippen LogP contribution in [-0.2, 0) is 12.1 Å². The molecule has 0 radical (unpaired) electrons. The molecular formula is C38H27N3. The Morgan fingerprint density at radius 1 is 0.683 bits per heavy atom. The number of hydrogen-bond donors (Lipinski definition) is 2. The Morgan fingerprint density at radius 3 is 2.24 bits per heavy atom. The molecule has 0 unspecified atom stereocenters. The highest BCUT2D eigenvalue weighted by Gasteiger charge is 2.53. The van der Waals surface area contributed by atoms with Crippen LogP contribution >= 0.6 is 0 Å². The van der Waals surface area contributed by atoms with Gasteiger partial charge in [-0.05, 0) is 81.6 Å². The summed E-state index contributed by atoms with van der Waals surface area (Å²) in [7, 11) is 0. The van der Waals surface area contributed by atoms with E-state index >= 15 is 0 Å². The van der Waals surface area contributed by atoms with Crippen molar-refractivity contribution in [1.82, 2.24) is 15.8 Å². The van der Waals surface area contributed by atoms with E-state index in [0.717, 1.165) is 17.8 Å². The van der Waals surface area contributed by atoms with Gasteiger partial charge in [0.1, 0.15) is 5.66 Å². The minimum absolute atomic E-state index is 0.296. The van der Waals surface area contributed by atoms with Crippen molar-refractivity contribution in [2.24, 2.45) is 0 Å². The van der Waals surface area contributed by atoms with Crippen LogP contribution < -0.4 is 10.9 Å². The molecule has 1 aromatic heterocycles. The zero-order chi connectivity index (χ0) is 27.1. The molecule has 2 heterocycles. The Morgan fingerprint density at radius 2 is 1.41 bits per heavy atom. The SMILES string of the molecule is C/C1=C\C=C/c2cc(cc3c2CC=C(c2ccc4c(n2)-c2ccccc2C42NN2)c2ccccc2-3)-c2ccccc21. The molecule has 2 bridgehead atoms. The number of nitrogens with one attached hydrogen (secondary N) is 2. The van der Waals surface area contributed by atoms with Crippen LogP contribution in [-0.4, -0.2) is 4.98 Å². The van der Waals surface area contributed by atoms with Crippen LogP contribution in [0, 0.1) is 0 Å². The first-order valence-electron chi connectivity index (χ1n) is 14.3. The fourth-order valence-corrected chi connectivity index (χ4v) is 7.05. The number of fused-ring (bicyclic) bond motifs is 13. The molecule has 194 valence electrons. The summed E-state index contributed by atoms with van der Waals surface area (Å²) in [5, 5.41) is 0. The highest BCUT2D eigenvalue weighted by Crippen LogP contribution is 2.50. The first kappa shape index (κ1) is 22.9. The average molecular weight is 526 g/mol. The van der Waals surface area contributed by atoms with Gasteiger partial charge in [-0.3, -0.25) is 0 Å². The van der Waals surface area contributed by atoms with Crippen molar-refractivity contribution in [1.29, 1.82) is 0 Å². The largest absolute Gasteiger partial charge is 0.247 e. The van der Waals surface area contributed by atoms with Gasteiger partial charge in [0.15, 0.2) is 0 Å². The first-order chi connectivity index (χ1) is 20.2. The number of hydrogen-bond acceptors (Lipinski definition) is 3. The van der Waals surface area contributed by atoms with Crippen molar-refractivity contribution in [3.63, 3.8) is 0 Å². The van der Waals surface area contributed by atoms with Gasteiger partial charge in [0.05, 0.1) is 11.4 Å². The van der Waals surface area contributed by atoms with Crippen LogP contribution in [0.1, 0.15) is 46.0 Å². The molecule has 0 amide bonds. The van der Waals surface area contributed by atoms with E-state index in [2.05, 4.69) is 139 Å². The minimum atomic E-state index is -0.296. The molecule has 4 aromatic carbocycles. The number of rotatable bonds is 1. The molecular weight excluding hydrogens is 498 g/mol. The third-order valence-corrected chi connectivity index (χ3v) is 9.12. The molecule has 1 fully saturated rings. The highest BCUT2D eigenvalue weighted by atomic mass is 15.7. The fourth-order valence-electron chi connectivity index (χ4n) is 7.05. The monoisotopic (exact) mass is 525 g/mol. The molecule has 5 aromatic rings. The fraction of sp³-hybridized carbons (Fsp3) is 0.0789. The topological polar surface area (TPSA) is 56.8 Å². The third kappa shape index (κ3) is 3.25. The molecule has 1 saturated heterocycles. The van der Waals surface area contributed by atoms with Gasteiger partial charge >= 0.3 is 0 Å². The maximum atomic E-state index is 5.34. The average Bonchev–Trinajstić information content (AvgIpc) is 3.79. The van der Waals surface area contributed by atoms with Crippen LogP contribution in [0.15, 0.2) is 115 Å². The Kier molecular flexibility index (Phi) is 4.66. The lowest BCUT2D eigenvalue weighted by molar-refractivity contribution is 0.818. The summed E-state index contributed by atoms with van der Waals surface area (Å²) in [6.07, 6.45) is 9.93. The van der Waals surface area contributed by atoms with Crippen molar-refractivity contribution in [3.05, 3.63) is 154 Å². The second-order valence-corrected chi connectivity index (χ2v) is 11.4. The Balaban J connectivity index is 1.25. The van der Waals surface area contributed by atoms with Crippen LogP contribution in [0.5, 0.6) is 0 Å². The molecule has 4 aliphatic rings. The zero-order valence-corrected chi connectivity index (χ0v) is 22.7. The summed E-state index contributed by atoms with van der Waals surface area (Å²) in [6.45, 7) is 2.20. The minimum Gasteiger partial charge on any atom is -0.247 e. The molecule has 1 spiro atoms. The van der Waals surface area contributed by atoms with Crippen molar-refractivity contribution < 1.29 is 0 Å². The molecule has 3 heteroatoms. The van der Waals surface area contributed by atoms with Gasteiger partial charge in [-0.2, -0.15) is 0 Å². The van der Waals surface area contributed by atoms with E-state index in [0.29, 0.717) is 0 Å². The van der Waals surface area contributed by atoms with Crippen LogP contribution in [0.4, 0.5) is 0 Å². The van der Waals surface area contributed by atoms with E-state index in [-0.39, 0.29) is 5.66 Å². The van der Waals surface area contributed by atoms with E-state index in [4.69, 9.17) is 4.98 Å². The predicted octanol–water partition coefficient (Wildman–Crippen LogP) is 8.12. The lowest BCUT2D eigenvalue weighted by Crippen LogP contribution is -2.12. The van der Waals surface area contributed by atoms with E-state index in [1.807, 2.05) is 0 Å². The second kappa shape index (κ2) is 8.34. The summed E-state index contributed by atoms with van der Waals surface area (Å²) in [5.41, 5.74) is 24.9. The Labute approximate surface area is 239 Å². The predicted molar refractivity (Wildman–Crippen MR) is 168 cm³/mol. The number of pyridine rings is 1. The van der Waals surface area contributed by atoms with E-state index in [1.165, 1.54) is 72.3 Å². The van der Waals surface area contributed by atoms with Gasteiger partial charge in [0.25, 0.3) is 0 Å². The summed E-state index contributed by atoms with van der Waals surface area (Å²) in [6, 6.07) is 35.4. The summed E-state index contributed by atoms with van der Waals surface area (Å²) in [5.74, 6) is 0. The molecule has 41 heavy (non-hydrogen) atoms. The third-order valence-electron chi connectivity index (χ3n) is 9.12. The molecule has 3 aliphatic carbocycles. The molecule has 1 aliphatic heterocycles. The van der Waals surface area contributed by atoms with Crippen LogP contribution in [0.3, 0.4) is 0 Å². The van der Waals surface area contributed by atoms with Crippen molar-refractivity contribution in [2.45, 2.75) is 19.0 Å². The van der Waals surface area contributed by atoms with E-state index in [9.17, 15) is 0 Å². The van der Waals surface area contributed by atoms with Gasteiger partial charge < -0.3 is 0 Å². The second-order valence-electron chi connectivity index (χ2n) is 11.4. The van der Waals surface area contributed by atoms with Crippen LogP contribution in [0.2, 0.25) is 0 Å². The lowest BCUT2D eigenvalue weighted by atomic mass is 9.87. The van der Waals surface area contributed by atoms with Gasteiger partial charge in [0, 0.05) is 22.3 Å². The highest BCUT2D eigenvalue weighted by molar-refractivity contribution is 5.95. The van der Waals surface area contributed by atoms with Gasteiger partial charge in [-0.25, -0.2) is 15.8 Å². The maximum absolute atomic E-state index is 5.34. The first-order valence-corrected chi connectivity index (χ1v) is 14.3. The van der Waals surface area contributed by atoms with Gasteiger partial charge in [-0.1, -0.05) is 103 Å². The molecule has 0 saturated carbocycles. The van der Waals surface area contributed by atoms with Crippen molar-refractivity contribution >= 4 is 17.2 Å². The van der Waals surface area contributed by atoms with E-state index in [1.54, 1.807) is 0 Å². The normalized spacial score (nSPS) is 18.6. The quantitative estimate of drug-likeness (QED) is 0.217. The maximum Gasteiger partial charge on any atom is 0.149 e. The zero-order valence-electron chi connectivity index (χ0n) is 22.7. The molecule has 2 N–H and O–H groups in total. The standard InChI is InChI=1S/C38H27N3/c1-23-9-8-10-24-21-25(27-12-3-2-11-26(23)27)22-33-28(24)17-18-31(29-13-4-5-14-30(29)33)36-20-19-35-37(39-36)32-15-6-7-16-34(32)38(35)40-41-38/h2-16,18-22,40-41H,17H2,1H3/b10-8-,23-9+. The molecule has 0 atom stereocenters. The van der Waals surface area contributed by atoms with Gasteiger partial charge in [-0.15, -0.1) is 0 Å². The number of aromatic nitrogens is 1. The number of nitrogens with zero attached hydrogens (tertiary/aromatic N) is 1. The van der Waals surface area contributed by atoms with E-state index < -0.39 is 0 Å². The number of hydrazine groups is 1. The smallest absolute Gasteiger partial charge is 0.149 e. The van der Waals surface area contributed by atoms with Crippen LogP contribution in [0.25, 0.3) is 50.7 Å². The van der Waals surface area contributed by atoms with Crippen molar-refractivity contribution in [2.75, 3.05) is 0 Å². The summed E-state index contributed by atoms with van der Waals surface area (Å²) in [4.78, 5) is 5.34. The molecule has 9 rings (SSSR count). The Bertz CT molecular complexity index is 2040. The lowest BCUT2D eigenvalue weighted by Gasteiger charge is -2.17.